The van der Waals surface area contributed by atoms with Crippen LogP contribution in [0.5, 0.6) is 0 Å². The summed E-state index contributed by atoms with van der Waals surface area (Å²) in [4.78, 5) is 10.7. The molecule has 19 heavy (non-hydrogen) atoms. The van der Waals surface area contributed by atoms with E-state index >= 15 is 0 Å². The standard InChI is InChI=1S/C13H18F2N2O2/c1-7(2)5-8(6-16)17-10-4-3-9(13(18)19)11(14)12(10)15/h3-4,7-8,17H,5-6,16H2,1-2H3,(H,18,19). The number of halogens is 2. The van der Waals surface area contributed by atoms with Gasteiger partial charge in [0, 0.05) is 12.6 Å². The third-order valence-corrected chi connectivity index (χ3v) is 2.71. The number of anilines is 1. The molecule has 0 aliphatic carbocycles. The monoisotopic (exact) mass is 272 g/mol. The summed E-state index contributed by atoms with van der Waals surface area (Å²) in [7, 11) is 0. The number of rotatable bonds is 6. The average molecular weight is 272 g/mol. The first-order valence-corrected chi connectivity index (χ1v) is 6.04. The first-order valence-electron chi connectivity index (χ1n) is 6.04. The number of benzene rings is 1. The van der Waals surface area contributed by atoms with Gasteiger partial charge in [0.25, 0.3) is 0 Å². The van der Waals surface area contributed by atoms with Gasteiger partial charge in [0.15, 0.2) is 11.6 Å². The molecule has 0 heterocycles. The smallest absolute Gasteiger partial charge is 0.338 e. The summed E-state index contributed by atoms with van der Waals surface area (Å²) < 4.78 is 27.2. The van der Waals surface area contributed by atoms with Gasteiger partial charge >= 0.3 is 5.97 Å². The Balaban J connectivity index is 2.96. The van der Waals surface area contributed by atoms with Crippen LogP contribution in [-0.4, -0.2) is 23.7 Å². The SMILES string of the molecule is CC(C)CC(CN)Nc1ccc(C(=O)O)c(F)c1F. The number of carboxylic acids is 1. The zero-order valence-corrected chi connectivity index (χ0v) is 10.9. The van der Waals surface area contributed by atoms with E-state index in [1.54, 1.807) is 0 Å². The normalized spacial score (nSPS) is 12.5. The first-order chi connectivity index (χ1) is 8.86. The van der Waals surface area contributed by atoms with Gasteiger partial charge in [0.05, 0.1) is 11.3 Å². The highest BCUT2D eigenvalue weighted by Gasteiger charge is 2.19. The Labute approximate surface area is 110 Å². The summed E-state index contributed by atoms with van der Waals surface area (Å²) in [5, 5.41) is 11.5. The molecule has 1 aromatic carbocycles. The molecule has 106 valence electrons. The molecule has 1 rings (SSSR count). The molecule has 1 atom stereocenters. The molecule has 0 amide bonds. The molecule has 6 heteroatoms. The molecule has 4 N–H and O–H groups in total. The Morgan fingerprint density at radius 3 is 2.47 bits per heavy atom. The molecule has 0 aromatic heterocycles. The van der Waals surface area contributed by atoms with Gasteiger partial charge in [0.2, 0.25) is 0 Å². The van der Waals surface area contributed by atoms with E-state index in [1.165, 1.54) is 6.07 Å². The fourth-order valence-corrected chi connectivity index (χ4v) is 1.83. The summed E-state index contributed by atoms with van der Waals surface area (Å²) in [6, 6.07) is 2.06. The summed E-state index contributed by atoms with van der Waals surface area (Å²) in [6.07, 6.45) is 0.707. The van der Waals surface area contributed by atoms with Crippen LogP contribution in [0.15, 0.2) is 12.1 Å². The molecule has 0 fully saturated rings. The maximum Gasteiger partial charge on any atom is 0.338 e. The largest absolute Gasteiger partial charge is 0.478 e. The Bertz CT molecular complexity index is 464. The highest BCUT2D eigenvalue weighted by molar-refractivity contribution is 5.88. The first kappa shape index (κ1) is 15.4. The van der Waals surface area contributed by atoms with E-state index in [4.69, 9.17) is 10.8 Å². The Morgan fingerprint density at radius 2 is 2.00 bits per heavy atom. The fourth-order valence-electron chi connectivity index (χ4n) is 1.83. The highest BCUT2D eigenvalue weighted by atomic mass is 19.2. The number of hydrogen-bond donors (Lipinski definition) is 3. The van der Waals surface area contributed by atoms with E-state index in [9.17, 15) is 13.6 Å². The van der Waals surface area contributed by atoms with Gasteiger partial charge in [-0.05, 0) is 24.5 Å². The van der Waals surface area contributed by atoms with Crippen molar-refractivity contribution in [1.82, 2.24) is 0 Å². The average Bonchev–Trinajstić information content (AvgIpc) is 2.33. The summed E-state index contributed by atoms with van der Waals surface area (Å²) in [5.41, 5.74) is 4.81. The van der Waals surface area contributed by atoms with Gasteiger partial charge < -0.3 is 16.2 Å². The fraction of sp³-hybridized carbons (Fsp3) is 0.462. The molecule has 4 nitrogen and oxygen atoms in total. The third-order valence-electron chi connectivity index (χ3n) is 2.71. The van der Waals surface area contributed by atoms with Crippen LogP contribution in [0, 0.1) is 17.6 Å². The van der Waals surface area contributed by atoms with Gasteiger partial charge in [0.1, 0.15) is 0 Å². The second-order valence-electron chi connectivity index (χ2n) is 4.80. The van der Waals surface area contributed by atoms with E-state index < -0.39 is 23.2 Å². The van der Waals surface area contributed by atoms with Gasteiger partial charge in [-0.2, -0.15) is 0 Å². The lowest BCUT2D eigenvalue weighted by Crippen LogP contribution is -2.30. The molecule has 0 aliphatic rings. The van der Waals surface area contributed by atoms with Crippen LogP contribution in [0.1, 0.15) is 30.6 Å². The molecule has 0 spiro atoms. The maximum atomic E-state index is 13.7. The lowest BCUT2D eigenvalue weighted by atomic mass is 10.0. The topological polar surface area (TPSA) is 75.3 Å². The van der Waals surface area contributed by atoms with Crippen molar-refractivity contribution in [1.29, 1.82) is 0 Å². The van der Waals surface area contributed by atoms with Gasteiger partial charge in [-0.25, -0.2) is 13.6 Å². The number of aromatic carboxylic acids is 1. The quantitative estimate of drug-likeness (QED) is 0.743. The number of hydrogen-bond acceptors (Lipinski definition) is 3. The molecule has 0 bridgehead atoms. The van der Waals surface area contributed by atoms with Crippen LogP contribution >= 0.6 is 0 Å². The number of nitrogens with two attached hydrogens (primary N) is 1. The van der Waals surface area contributed by atoms with Gasteiger partial charge in [-0.1, -0.05) is 13.8 Å². The van der Waals surface area contributed by atoms with Gasteiger partial charge in [-0.15, -0.1) is 0 Å². The molecular weight excluding hydrogens is 254 g/mol. The number of carbonyl (C=O) groups is 1. The van der Waals surface area contributed by atoms with E-state index in [0.29, 0.717) is 12.3 Å². The van der Waals surface area contributed by atoms with Crippen LogP contribution in [0.2, 0.25) is 0 Å². The number of nitrogens with one attached hydrogen (secondary N) is 1. The van der Waals surface area contributed by atoms with E-state index in [2.05, 4.69) is 5.32 Å². The summed E-state index contributed by atoms with van der Waals surface area (Å²) in [6.45, 7) is 4.27. The summed E-state index contributed by atoms with van der Waals surface area (Å²) in [5.74, 6) is -3.70. The molecule has 0 radical (unpaired) electrons. The molecule has 0 aliphatic heterocycles. The van der Waals surface area contributed by atoms with Crippen molar-refractivity contribution in [3.63, 3.8) is 0 Å². The maximum absolute atomic E-state index is 13.7. The van der Waals surface area contributed by atoms with E-state index in [1.807, 2.05) is 13.8 Å². The minimum absolute atomic E-state index is 0.0707. The lowest BCUT2D eigenvalue weighted by molar-refractivity contribution is 0.0690. The lowest BCUT2D eigenvalue weighted by Gasteiger charge is -2.20. The van der Waals surface area contributed by atoms with Crippen molar-refractivity contribution < 1.29 is 18.7 Å². The van der Waals surface area contributed by atoms with Crippen LogP contribution in [0.3, 0.4) is 0 Å². The predicted molar refractivity (Wildman–Crippen MR) is 69.2 cm³/mol. The number of carboxylic acid groups (broad SMARTS) is 1. The second-order valence-corrected chi connectivity index (χ2v) is 4.80. The molecule has 0 saturated heterocycles. The third kappa shape index (κ3) is 3.89. The minimum atomic E-state index is -1.50. The predicted octanol–water partition coefficient (Wildman–Crippen LogP) is 2.45. The Kier molecular flexibility index (Phi) is 5.23. The highest BCUT2D eigenvalue weighted by Crippen LogP contribution is 2.22. The summed E-state index contributed by atoms with van der Waals surface area (Å²) >= 11 is 0. The van der Waals surface area contributed by atoms with Crippen LogP contribution < -0.4 is 11.1 Å². The van der Waals surface area contributed by atoms with Crippen LogP contribution in [0.4, 0.5) is 14.5 Å². The second kappa shape index (κ2) is 6.47. The van der Waals surface area contributed by atoms with Crippen molar-refractivity contribution in [2.75, 3.05) is 11.9 Å². The van der Waals surface area contributed by atoms with Gasteiger partial charge in [-0.3, -0.25) is 0 Å². The minimum Gasteiger partial charge on any atom is -0.478 e. The van der Waals surface area contributed by atoms with Crippen LogP contribution in [0.25, 0.3) is 0 Å². The van der Waals surface area contributed by atoms with Crippen molar-refractivity contribution >= 4 is 11.7 Å². The van der Waals surface area contributed by atoms with E-state index in [0.717, 1.165) is 6.07 Å². The van der Waals surface area contributed by atoms with Crippen LogP contribution in [-0.2, 0) is 0 Å². The van der Waals surface area contributed by atoms with Crippen molar-refractivity contribution in [3.8, 4) is 0 Å². The van der Waals surface area contributed by atoms with Crippen molar-refractivity contribution in [2.45, 2.75) is 26.3 Å². The zero-order chi connectivity index (χ0) is 14.6. The molecule has 1 aromatic rings. The van der Waals surface area contributed by atoms with Crippen molar-refractivity contribution in [3.05, 3.63) is 29.3 Å². The molecule has 0 saturated carbocycles. The molecular formula is C13H18F2N2O2. The molecule has 1 unspecified atom stereocenters. The Hall–Kier alpha value is -1.69. The Morgan fingerprint density at radius 1 is 1.37 bits per heavy atom. The van der Waals surface area contributed by atoms with E-state index in [-0.39, 0.29) is 18.3 Å². The zero-order valence-electron chi connectivity index (χ0n) is 10.9. The van der Waals surface area contributed by atoms with Crippen molar-refractivity contribution in [2.24, 2.45) is 11.7 Å².